The van der Waals surface area contributed by atoms with Crippen LogP contribution < -0.4 is 0 Å². The van der Waals surface area contributed by atoms with Gasteiger partial charge in [0, 0.05) is 0 Å². The molecule has 2 atom stereocenters. The molecule has 1 aliphatic carbocycles. The maximum Gasteiger partial charge on any atom is 0.117 e. The van der Waals surface area contributed by atoms with Gasteiger partial charge in [0.1, 0.15) is 6.10 Å². The second-order valence-corrected chi connectivity index (χ2v) is 4.05. The molecular weight excluding hydrogens is 174 g/mol. The lowest BCUT2D eigenvalue weighted by molar-refractivity contribution is 0.154. The molecule has 0 bridgehead atoms. The molecule has 2 heteroatoms. The predicted molar refractivity (Wildman–Crippen MR) is 58.8 cm³/mol. The van der Waals surface area contributed by atoms with Crippen molar-refractivity contribution in [2.24, 2.45) is 5.92 Å². The first kappa shape index (κ1) is 11.3. The van der Waals surface area contributed by atoms with Crippen LogP contribution in [0.3, 0.4) is 0 Å². The monoisotopic (exact) mass is 193 g/mol. The number of allylic oxidation sites excluding steroid dienone is 2. The maximum atomic E-state index is 9.76. The highest BCUT2D eigenvalue weighted by Crippen LogP contribution is 2.21. The van der Waals surface area contributed by atoms with Crippen LogP contribution in [0.15, 0.2) is 12.2 Å². The molecule has 0 aromatic rings. The summed E-state index contributed by atoms with van der Waals surface area (Å²) in [5, 5.41) is 9.76. The molecule has 1 rings (SSSR count). The van der Waals surface area contributed by atoms with Gasteiger partial charge in [-0.15, -0.1) is 0 Å². The second kappa shape index (κ2) is 5.85. The molecule has 1 N–H and O–H groups in total. The van der Waals surface area contributed by atoms with E-state index in [1.807, 2.05) is 19.0 Å². The van der Waals surface area contributed by atoms with Crippen molar-refractivity contribution in [3.63, 3.8) is 0 Å². The number of hydrogen-bond acceptors (Lipinski definition) is 2. The summed E-state index contributed by atoms with van der Waals surface area (Å²) in [4.78, 5) is 2.00. The van der Waals surface area contributed by atoms with Gasteiger partial charge >= 0.3 is 0 Å². The first-order chi connectivity index (χ1) is 6.70. The van der Waals surface area contributed by atoms with E-state index < -0.39 is 6.10 Å². The van der Waals surface area contributed by atoms with E-state index >= 15 is 0 Å². The Hall–Kier alpha value is -0.780. The fraction of sp³-hybridized carbons (Fsp3) is 0.667. The molecule has 0 unspecified atom stereocenters. The lowest BCUT2D eigenvalue weighted by Gasteiger charge is -2.19. The molecule has 0 radical (unpaired) electrons. The number of nitrogens with zero attached hydrogens (tertiary/aromatic N) is 1. The Bertz CT molecular complexity index is 247. The minimum absolute atomic E-state index is 0.342. The predicted octanol–water partition coefficient (Wildman–Crippen LogP) is 1.27. The minimum atomic E-state index is -0.445. The molecule has 0 amide bonds. The van der Waals surface area contributed by atoms with Crippen molar-refractivity contribution in [1.82, 2.24) is 4.90 Å². The summed E-state index contributed by atoms with van der Waals surface area (Å²) < 4.78 is 0. The van der Waals surface area contributed by atoms with Gasteiger partial charge in [-0.25, -0.2) is 0 Å². The Morgan fingerprint density at radius 3 is 2.86 bits per heavy atom. The molecule has 0 saturated carbocycles. The van der Waals surface area contributed by atoms with Crippen molar-refractivity contribution in [1.29, 1.82) is 0 Å². The summed E-state index contributed by atoms with van der Waals surface area (Å²) >= 11 is 0. The molecule has 0 aromatic carbocycles. The summed E-state index contributed by atoms with van der Waals surface area (Å²) in [6, 6.07) is 0. The summed E-state index contributed by atoms with van der Waals surface area (Å²) in [5.74, 6) is 6.24. The van der Waals surface area contributed by atoms with Crippen LogP contribution in [-0.2, 0) is 0 Å². The summed E-state index contributed by atoms with van der Waals surface area (Å²) in [6.45, 7) is 0.722. The average molecular weight is 193 g/mol. The Morgan fingerprint density at radius 1 is 1.50 bits per heavy atom. The molecular formula is C12H19NO. The van der Waals surface area contributed by atoms with E-state index in [4.69, 9.17) is 0 Å². The quantitative estimate of drug-likeness (QED) is 0.527. The van der Waals surface area contributed by atoms with Gasteiger partial charge in [0.15, 0.2) is 0 Å². The van der Waals surface area contributed by atoms with Crippen LogP contribution in [0, 0.1) is 17.8 Å². The number of rotatable bonds is 2. The molecule has 0 fully saturated rings. The zero-order valence-electron chi connectivity index (χ0n) is 9.03. The summed E-state index contributed by atoms with van der Waals surface area (Å²) in [5.41, 5.74) is 0. The minimum Gasteiger partial charge on any atom is -0.380 e. The van der Waals surface area contributed by atoms with Crippen molar-refractivity contribution in [2.45, 2.75) is 25.4 Å². The zero-order chi connectivity index (χ0) is 10.4. The van der Waals surface area contributed by atoms with Crippen molar-refractivity contribution in [2.75, 3.05) is 20.6 Å². The van der Waals surface area contributed by atoms with Crippen LogP contribution in [0.5, 0.6) is 0 Å². The molecule has 78 valence electrons. The van der Waals surface area contributed by atoms with Crippen LogP contribution in [0.4, 0.5) is 0 Å². The van der Waals surface area contributed by atoms with E-state index in [-0.39, 0.29) is 0 Å². The highest BCUT2D eigenvalue weighted by atomic mass is 16.3. The lowest BCUT2D eigenvalue weighted by atomic mass is 9.90. The van der Waals surface area contributed by atoms with Crippen LogP contribution >= 0.6 is 0 Å². The molecule has 0 heterocycles. The van der Waals surface area contributed by atoms with E-state index in [9.17, 15) is 5.11 Å². The Kier molecular flexibility index (Phi) is 4.72. The van der Waals surface area contributed by atoms with E-state index in [0.717, 1.165) is 25.8 Å². The molecule has 1 aliphatic rings. The fourth-order valence-corrected chi connectivity index (χ4v) is 1.53. The molecule has 0 aromatic heterocycles. The van der Waals surface area contributed by atoms with Gasteiger partial charge in [-0.2, -0.15) is 0 Å². The maximum absolute atomic E-state index is 9.76. The topological polar surface area (TPSA) is 23.5 Å². The Labute approximate surface area is 86.6 Å². The Morgan fingerprint density at radius 2 is 2.29 bits per heavy atom. The summed E-state index contributed by atoms with van der Waals surface area (Å²) in [7, 11) is 3.95. The number of aliphatic hydroxyl groups is 1. The van der Waals surface area contributed by atoms with Crippen LogP contribution in [-0.4, -0.2) is 36.8 Å². The van der Waals surface area contributed by atoms with Crippen molar-refractivity contribution >= 4 is 0 Å². The van der Waals surface area contributed by atoms with E-state index in [1.165, 1.54) is 0 Å². The van der Waals surface area contributed by atoms with Gasteiger partial charge in [-0.05, 0) is 39.3 Å². The van der Waals surface area contributed by atoms with Gasteiger partial charge in [0.2, 0.25) is 0 Å². The smallest absolute Gasteiger partial charge is 0.117 e. The first-order valence-corrected chi connectivity index (χ1v) is 5.16. The Balaban J connectivity index is 2.35. The second-order valence-electron chi connectivity index (χ2n) is 4.05. The standard InChI is InChI=1S/C12H19NO/c1-13(2)10-6-9-12(14)11-7-4-3-5-8-11/h3-4,11-12,14H,5,7-8,10H2,1-2H3/t11-,12-/m0/s1. The lowest BCUT2D eigenvalue weighted by Crippen LogP contribution is -2.20. The molecule has 0 saturated heterocycles. The third-order valence-corrected chi connectivity index (χ3v) is 2.40. The van der Waals surface area contributed by atoms with Crippen molar-refractivity contribution in [3.05, 3.63) is 12.2 Å². The number of aliphatic hydroxyl groups excluding tert-OH is 1. The zero-order valence-corrected chi connectivity index (χ0v) is 9.03. The molecule has 2 nitrogen and oxygen atoms in total. The third-order valence-electron chi connectivity index (χ3n) is 2.40. The van der Waals surface area contributed by atoms with Crippen LogP contribution in [0.25, 0.3) is 0 Å². The highest BCUT2D eigenvalue weighted by Gasteiger charge is 2.16. The molecule has 14 heavy (non-hydrogen) atoms. The van der Waals surface area contributed by atoms with Crippen molar-refractivity contribution in [3.8, 4) is 11.8 Å². The van der Waals surface area contributed by atoms with E-state index in [1.54, 1.807) is 0 Å². The fourth-order valence-electron chi connectivity index (χ4n) is 1.53. The molecule has 0 aliphatic heterocycles. The highest BCUT2D eigenvalue weighted by molar-refractivity contribution is 5.09. The first-order valence-electron chi connectivity index (χ1n) is 5.16. The number of hydrogen-bond donors (Lipinski definition) is 1. The van der Waals surface area contributed by atoms with E-state index in [2.05, 4.69) is 24.0 Å². The van der Waals surface area contributed by atoms with Crippen LogP contribution in [0.2, 0.25) is 0 Å². The molecule has 0 spiro atoms. The average Bonchev–Trinajstić information content (AvgIpc) is 2.18. The summed E-state index contributed by atoms with van der Waals surface area (Å²) in [6.07, 6.45) is 6.99. The van der Waals surface area contributed by atoms with Gasteiger partial charge in [0.05, 0.1) is 6.54 Å². The third kappa shape index (κ3) is 3.95. The largest absolute Gasteiger partial charge is 0.380 e. The van der Waals surface area contributed by atoms with E-state index in [0.29, 0.717) is 5.92 Å². The van der Waals surface area contributed by atoms with Crippen LogP contribution in [0.1, 0.15) is 19.3 Å². The van der Waals surface area contributed by atoms with Gasteiger partial charge in [-0.3, -0.25) is 4.90 Å². The van der Waals surface area contributed by atoms with Gasteiger partial charge in [-0.1, -0.05) is 24.0 Å². The van der Waals surface area contributed by atoms with Gasteiger partial charge in [0.25, 0.3) is 0 Å². The normalized spacial score (nSPS) is 23.0. The van der Waals surface area contributed by atoms with Gasteiger partial charge < -0.3 is 5.11 Å². The SMILES string of the molecule is CN(C)CC#C[C@H](O)[C@H]1CC=CCC1. The van der Waals surface area contributed by atoms with Crippen molar-refractivity contribution < 1.29 is 5.11 Å².